The first kappa shape index (κ1) is 17.6. The number of nitrogens with one attached hydrogen (secondary N) is 2. The summed E-state index contributed by atoms with van der Waals surface area (Å²) in [6.07, 6.45) is 3.62. The molecule has 1 aromatic rings. The molecule has 1 fully saturated rings. The van der Waals surface area contributed by atoms with Crippen molar-refractivity contribution in [3.8, 4) is 0 Å². The van der Waals surface area contributed by atoms with E-state index < -0.39 is 0 Å². The molecule has 0 saturated carbocycles. The number of rotatable bonds is 5. The summed E-state index contributed by atoms with van der Waals surface area (Å²) in [5.74, 6) is 0.807. The highest BCUT2D eigenvalue weighted by Gasteiger charge is 2.15. The van der Waals surface area contributed by atoms with Crippen LogP contribution in [0.25, 0.3) is 0 Å². The van der Waals surface area contributed by atoms with Crippen LogP contribution in [0.3, 0.4) is 0 Å². The van der Waals surface area contributed by atoms with Crippen LogP contribution in [0.1, 0.15) is 30.5 Å². The predicted octanol–water partition coefficient (Wildman–Crippen LogP) is 2.17. The van der Waals surface area contributed by atoms with Crippen molar-refractivity contribution in [3.05, 3.63) is 16.1 Å². The number of aromatic nitrogens is 1. The lowest BCUT2D eigenvalue weighted by molar-refractivity contribution is 0.114. The van der Waals surface area contributed by atoms with Gasteiger partial charge in [0, 0.05) is 25.6 Å². The third kappa shape index (κ3) is 5.53. The normalized spacial score (nSPS) is 18.7. The standard InChI is InChI=1S/C13H22N4OS.HI/c1-3-12-17-10(9-19-12)7-15-13(14-2)16-8-11-5-4-6-18-11;/h9,11H,3-8H2,1-2H3,(H2,14,15,16);1H. The predicted molar refractivity (Wildman–Crippen MR) is 94.1 cm³/mol. The van der Waals surface area contributed by atoms with Crippen LogP contribution in [0.5, 0.6) is 0 Å². The molecule has 5 nitrogen and oxygen atoms in total. The van der Waals surface area contributed by atoms with Crippen LogP contribution in [-0.2, 0) is 17.7 Å². The molecule has 1 saturated heterocycles. The average molecular weight is 410 g/mol. The number of halogens is 1. The van der Waals surface area contributed by atoms with E-state index in [2.05, 4.69) is 32.9 Å². The molecule has 2 rings (SSSR count). The summed E-state index contributed by atoms with van der Waals surface area (Å²) >= 11 is 1.71. The number of ether oxygens (including phenoxy) is 1. The van der Waals surface area contributed by atoms with Crippen molar-refractivity contribution in [2.24, 2.45) is 4.99 Å². The molecular formula is C13H23IN4OS. The summed E-state index contributed by atoms with van der Waals surface area (Å²) in [6, 6.07) is 0. The molecule has 0 spiro atoms. The monoisotopic (exact) mass is 410 g/mol. The molecule has 2 heterocycles. The number of thiazole rings is 1. The Labute approximate surface area is 141 Å². The van der Waals surface area contributed by atoms with Gasteiger partial charge in [0.15, 0.2) is 5.96 Å². The Kier molecular flexibility index (Phi) is 8.39. The van der Waals surface area contributed by atoms with Crippen LogP contribution in [0.15, 0.2) is 10.4 Å². The molecule has 0 aliphatic carbocycles. The van der Waals surface area contributed by atoms with Crippen molar-refractivity contribution in [1.29, 1.82) is 0 Å². The zero-order valence-electron chi connectivity index (χ0n) is 12.0. The molecule has 7 heteroatoms. The van der Waals surface area contributed by atoms with Crippen molar-refractivity contribution in [1.82, 2.24) is 15.6 Å². The summed E-state index contributed by atoms with van der Waals surface area (Å²) in [6.45, 7) is 4.54. The van der Waals surface area contributed by atoms with Crippen molar-refractivity contribution >= 4 is 41.3 Å². The van der Waals surface area contributed by atoms with Gasteiger partial charge in [0.1, 0.15) is 0 Å². The highest BCUT2D eigenvalue weighted by Crippen LogP contribution is 2.11. The van der Waals surface area contributed by atoms with E-state index in [1.54, 1.807) is 18.4 Å². The number of hydrogen-bond acceptors (Lipinski definition) is 4. The Bertz CT molecular complexity index is 418. The zero-order valence-corrected chi connectivity index (χ0v) is 15.2. The molecule has 0 amide bonds. The van der Waals surface area contributed by atoms with Crippen LogP contribution < -0.4 is 10.6 Å². The van der Waals surface area contributed by atoms with E-state index in [4.69, 9.17) is 4.74 Å². The second-order valence-corrected chi connectivity index (χ2v) is 5.47. The molecule has 0 bridgehead atoms. The molecule has 1 unspecified atom stereocenters. The number of aliphatic imine (C=N–C) groups is 1. The molecule has 20 heavy (non-hydrogen) atoms. The smallest absolute Gasteiger partial charge is 0.191 e. The van der Waals surface area contributed by atoms with Crippen LogP contribution in [0, 0.1) is 0 Å². The Hall–Kier alpha value is -0.410. The van der Waals surface area contributed by atoms with Crippen LogP contribution in [0.4, 0.5) is 0 Å². The molecule has 1 aliphatic rings. The molecule has 0 radical (unpaired) electrons. The lowest BCUT2D eigenvalue weighted by atomic mass is 10.2. The summed E-state index contributed by atoms with van der Waals surface area (Å²) in [4.78, 5) is 8.73. The van der Waals surface area contributed by atoms with Crippen molar-refractivity contribution in [3.63, 3.8) is 0 Å². The fourth-order valence-corrected chi connectivity index (χ4v) is 2.75. The van der Waals surface area contributed by atoms with Gasteiger partial charge in [-0.2, -0.15) is 0 Å². The minimum atomic E-state index is 0. The lowest BCUT2D eigenvalue weighted by Crippen LogP contribution is -2.40. The summed E-state index contributed by atoms with van der Waals surface area (Å²) in [5, 5.41) is 9.84. The molecule has 0 aromatic carbocycles. The topological polar surface area (TPSA) is 58.5 Å². The van der Waals surface area contributed by atoms with Gasteiger partial charge in [-0.25, -0.2) is 4.98 Å². The molecule has 114 valence electrons. The maximum absolute atomic E-state index is 5.57. The van der Waals surface area contributed by atoms with E-state index in [-0.39, 0.29) is 24.0 Å². The Morgan fingerprint density at radius 2 is 2.40 bits per heavy atom. The summed E-state index contributed by atoms with van der Waals surface area (Å²) in [7, 11) is 1.78. The molecule has 1 aromatic heterocycles. The van der Waals surface area contributed by atoms with Crippen LogP contribution in [0.2, 0.25) is 0 Å². The first-order valence-corrected chi connectivity index (χ1v) is 7.69. The first-order valence-electron chi connectivity index (χ1n) is 6.81. The van der Waals surface area contributed by atoms with Gasteiger partial charge in [0.05, 0.1) is 23.4 Å². The zero-order chi connectivity index (χ0) is 13.5. The van der Waals surface area contributed by atoms with Gasteiger partial charge in [-0.3, -0.25) is 4.99 Å². The van der Waals surface area contributed by atoms with Crippen molar-refractivity contribution in [2.75, 3.05) is 20.2 Å². The maximum atomic E-state index is 5.57. The van der Waals surface area contributed by atoms with Gasteiger partial charge in [-0.15, -0.1) is 35.3 Å². The average Bonchev–Trinajstić information content (AvgIpc) is 3.10. The molecular weight excluding hydrogens is 387 g/mol. The molecule has 2 N–H and O–H groups in total. The van der Waals surface area contributed by atoms with E-state index >= 15 is 0 Å². The second-order valence-electron chi connectivity index (χ2n) is 4.53. The van der Waals surface area contributed by atoms with Gasteiger partial charge < -0.3 is 15.4 Å². The van der Waals surface area contributed by atoms with Crippen molar-refractivity contribution in [2.45, 2.75) is 38.8 Å². The van der Waals surface area contributed by atoms with Crippen molar-refractivity contribution < 1.29 is 4.74 Å². The SMILES string of the molecule is CCc1nc(CNC(=NC)NCC2CCCO2)cs1.I. The Morgan fingerprint density at radius 1 is 1.55 bits per heavy atom. The summed E-state index contributed by atoms with van der Waals surface area (Å²) < 4.78 is 5.57. The van der Waals surface area contributed by atoms with Crippen LogP contribution in [-0.4, -0.2) is 37.2 Å². The second kappa shape index (κ2) is 9.51. The highest BCUT2D eigenvalue weighted by molar-refractivity contribution is 14.0. The lowest BCUT2D eigenvalue weighted by Gasteiger charge is -2.14. The van der Waals surface area contributed by atoms with Gasteiger partial charge in [0.2, 0.25) is 0 Å². The first-order chi connectivity index (χ1) is 9.31. The Balaban J connectivity index is 0.00000200. The molecule has 1 aliphatic heterocycles. The fraction of sp³-hybridized carbons (Fsp3) is 0.692. The number of hydrogen-bond donors (Lipinski definition) is 2. The number of nitrogens with zero attached hydrogens (tertiary/aromatic N) is 2. The minimum absolute atomic E-state index is 0. The van der Waals surface area contributed by atoms with Gasteiger partial charge in [0.25, 0.3) is 0 Å². The van der Waals surface area contributed by atoms with Crippen LogP contribution >= 0.6 is 35.3 Å². The Morgan fingerprint density at radius 3 is 3.00 bits per heavy atom. The fourth-order valence-electron chi connectivity index (χ4n) is 2.00. The quantitative estimate of drug-likeness (QED) is 0.444. The van der Waals surface area contributed by atoms with Gasteiger partial charge in [-0.05, 0) is 19.3 Å². The highest BCUT2D eigenvalue weighted by atomic mass is 127. The van der Waals surface area contributed by atoms with E-state index in [1.165, 1.54) is 5.01 Å². The molecule has 1 atom stereocenters. The van der Waals surface area contributed by atoms with E-state index in [0.717, 1.165) is 44.1 Å². The minimum Gasteiger partial charge on any atom is -0.376 e. The van der Waals surface area contributed by atoms with Gasteiger partial charge >= 0.3 is 0 Å². The summed E-state index contributed by atoms with van der Waals surface area (Å²) in [5.41, 5.74) is 1.07. The largest absolute Gasteiger partial charge is 0.376 e. The van der Waals surface area contributed by atoms with E-state index in [9.17, 15) is 0 Å². The number of aryl methyl sites for hydroxylation is 1. The maximum Gasteiger partial charge on any atom is 0.191 e. The van der Waals surface area contributed by atoms with Gasteiger partial charge in [-0.1, -0.05) is 6.92 Å². The van der Waals surface area contributed by atoms with E-state index in [0.29, 0.717) is 12.6 Å². The third-order valence-corrected chi connectivity index (χ3v) is 4.13. The van der Waals surface area contributed by atoms with E-state index in [1.807, 2.05) is 0 Å². The third-order valence-electron chi connectivity index (χ3n) is 3.08. The number of guanidine groups is 1.